The number of aliphatic hydroxyl groups is 1. The number of amides is 1. The predicted octanol–water partition coefficient (Wildman–Crippen LogP) is 3.48. The summed E-state index contributed by atoms with van der Waals surface area (Å²) in [5, 5.41) is 18.7. The van der Waals surface area contributed by atoms with Crippen LogP contribution in [-0.4, -0.2) is 68.1 Å². The van der Waals surface area contributed by atoms with Crippen molar-refractivity contribution in [1.29, 1.82) is 0 Å². The van der Waals surface area contributed by atoms with Crippen molar-refractivity contribution in [2.24, 2.45) is 0 Å². The topological polar surface area (TPSA) is 121 Å². The zero-order valence-corrected chi connectivity index (χ0v) is 23.8. The number of carbonyl (C=O) groups excluding carboxylic acids is 1. The lowest BCUT2D eigenvalue weighted by Crippen LogP contribution is -2.49. The van der Waals surface area contributed by atoms with E-state index in [1.807, 2.05) is 42.2 Å². The SMILES string of the molecule is CCOc1cncc(-c2ccc(C(=O)N3CCN(c4ccc(C(O)NS(=O)Cc5ccccc5)nn4)CC3)cc2F)c1. The molecule has 0 aliphatic carbocycles. The van der Waals surface area contributed by atoms with Gasteiger partial charge in [0.15, 0.2) is 12.0 Å². The summed E-state index contributed by atoms with van der Waals surface area (Å²) in [6, 6.07) is 18.9. The van der Waals surface area contributed by atoms with Crippen LogP contribution < -0.4 is 14.4 Å². The number of hydrogen-bond acceptors (Lipinski definition) is 8. The van der Waals surface area contributed by atoms with Gasteiger partial charge in [-0.25, -0.2) is 13.3 Å². The first-order valence-electron chi connectivity index (χ1n) is 13.5. The summed E-state index contributed by atoms with van der Waals surface area (Å²) in [5.41, 5.74) is 2.32. The van der Waals surface area contributed by atoms with Gasteiger partial charge in [-0.15, -0.1) is 10.2 Å². The van der Waals surface area contributed by atoms with E-state index < -0.39 is 23.0 Å². The van der Waals surface area contributed by atoms with E-state index in [2.05, 4.69) is 19.9 Å². The molecule has 0 spiro atoms. The largest absolute Gasteiger partial charge is 0.492 e. The minimum Gasteiger partial charge on any atom is -0.492 e. The number of nitrogens with zero attached hydrogens (tertiary/aromatic N) is 5. The van der Waals surface area contributed by atoms with Crippen LogP contribution in [0, 0.1) is 5.82 Å². The highest BCUT2D eigenvalue weighted by molar-refractivity contribution is 7.82. The van der Waals surface area contributed by atoms with Crippen LogP contribution in [0.3, 0.4) is 0 Å². The smallest absolute Gasteiger partial charge is 0.254 e. The van der Waals surface area contributed by atoms with Crippen molar-refractivity contribution < 1.29 is 23.2 Å². The van der Waals surface area contributed by atoms with Gasteiger partial charge in [-0.05, 0) is 42.8 Å². The third kappa shape index (κ3) is 7.14. The summed E-state index contributed by atoms with van der Waals surface area (Å²) < 4.78 is 35.5. The van der Waals surface area contributed by atoms with E-state index in [1.54, 1.807) is 47.6 Å². The van der Waals surface area contributed by atoms with Crippen molar-refractivity contribution in [2.45, 2.75) is 18.9 Å². The van der Waals surface area contributed by atoms with Gasteiger partial charge in [0, 0.05) is 49.1 Å². The van der Waals surface area contributed by atoms with Crippen molar-refractivity contribution >= 4 is 22.7 Å². The molecule has 5 rings (SSSR count). The number of rotatable bonds is 10. The molecule has 1 aliphatic rings. The fourth-order valence-corrected chi connectivity index (χ4v) is 5.57. The molecule has 0 radical (unpaired) electrons. The number of halogens is 1. The highest BCUT2D eigenvalue weighted by Crippen LogP contribution is 2.27. The Morgan fingerprint density at radius 1 is 1.05 bits per heavy atom. The van der Waals surface area contributed by atoms with E-state index in [0.717, 1.165) is 5.56 Å². The highest BCUT2D eigenvalue weighted by atomic mass is 32.2. The average molecular weight is 591 g/mol. The molecular weight excluding hydrogens is 559 g/mol. The number of ether oxygens (including phenoxy) is 1. The maximum absolute atomic E-state index is 15.0. The maximum atomic E-state index is 15.0. The normalized spacial score (nSPS) is 14.8. The van der Waals surface area contributed by atoms with Crippen LogP contribution in [0.25, 0.3) is 11.1 Å². The lowest BCUT2D eigenvalue weighted by atomic mass is 10.0. The molecule has 12 heteroatoms. The Morgan fingerprint density at radius 2 is 1.83 bits per heavy atom. The van der Waals surface area contributed by atoms with Crippen molar-refractivity contribution in [3.8, 4) is 16.9 Å². The molecule has 2 aromatic heterocycles. The molecule has 2 atom stereocenters. The number of benzene rings is 2. The third-order valence-corrected chi connectivity index (χ3v) is 7.86. The number of piperazine rings is 1. The van der Waals surface area contributed by atoms with E-state index in [-0.39, 0.29) is 22.9 Å². The second-order valence-corrected chi connectivity index (χ2v) is 10.8. The number of pyridine rings is 1. The zero-order valence-electron chi connectivity index (χ0n) is 23.0. The Labute approximate surface area is 245 Å². The van der Waals surface area contributed by atoms with Gasteiger partial charge >= 0.3 is 0 Å². The summed E-state index contributed by atoms with van der Waals surface area (Å²) in [5.74, 6) is 0.645. The van der Waals surface area contributed by atoms with E-state index in [9.17, 15) is 14.1 Å². The minimum atomic E-state index is -1.50. The number of aliphatic hydroxyl groups excluding tert-OH is 1. The standard InChI is InChI=1S/C30H31FN6O4S/c1-2-41-24-16-23(18-32-19-24)25-9-8-22(17-26(25)31)30(39)37-14-12-36(13-15-37)28-11-10-27(33-34-28)29(38)35-42(40)20-21-6-4-3-5-7-21/h3-11,16-19,29,35,38H,2,12-15,20H2,1H3. The summed E-state index contributed by atoms with van der Waals surface area (Å²) in [7, 11) is -1.50. The first-order valence-corrected chi connectivity index (χ1v) is 14.9. The van der Waals surface area contributed by atoms with Gasteiger partial charge in [0.05, 0.1) is 29.5 Å². The number of anilines is 1. The zero-order chi connectivity index (χ0) is 29.5. The Bertz CT molecular complexity index is 1530. The van der Waals surface area contributed by atoms with Gasteiger partial charge in [0.25, 0.3) is 5.91 Å². The van der Waals surface area contributed by atoms with E-state index >= 15 is 4.39 Å². The summed E-state index contributed by atoms with van der Waals surface area (Å²) in [6.45, 7) is 4.21. The number of aromatic nitrogens is 3. The molecule has 1 amide bonds. The van der Waals surface area contributed by atoms with Gasteiger partial charge in [-0.3, -0.25) is 9.78 Å². The Hall–Kier alpha value is -4.26. The Kier molecular flexibility index (Phi) is 9.47. The minimum absolute atomic E-state index is 0.250. The van der Waals surface area contributed by atoms with Crippen LogP contribution in [0.4, 0.5) is 10.2 Å². The Morgan fingerprint density at radius 3 is 2.52 bits per heavy atom. The molecule has 42 heavy (non-hydrogen) atoms. The monoisotopic (exact) mass is 590 g/mol. The maximum Gasteiger partial charge on any atom is 0.254 e. The van der Waals surface area contributed by atoms with Gasteiger partial charge in [0.2, 0.25) is 0 Å². The first-order chi connectivity index (χ1) is 20.4. The van der Waals surface area contributed by atoms with Crippen molar-refractivity contribution in [2.75, 3.05) is 37.7 Å². The van der Waals surface area contributed by atoms with Crippen LogP contribution in [0.2, 0.25) is 0 Å². The average Bonchev–Trinajstić information content (AvgIpc) is 3.01. The molecule has 10 nitrogen and oxygen atoms in total. The van der Waals surface area contributed by atoms with E-state index in [1.165, 1.54) is 6.07 Å². The fourth-order valence-electron chi connectivity index (χ4n) is 4.62. The first kappa shape index (κ1) is 29.2. The van der Waals surface area contributed by atoms with Gasteiger partial charge < -0.3 is 19.6 Å². The molecule has 4 aromatic rings. The van der Waals surface area contributed by atoms with E-state index in [0.29, 0.717) is 55.5 Å². The molecular formula is C30H31FN6O4S. The second-order valence-electron chi connectivity index (χ2n) is 9.63. The van der Waals surface area contributed by atoms with Crippen molar-refractivity contribution in [3.63, 3.8) is 0 Å². The summed E-state index contributed by atoms with van der Waals surface area (Å²) >= 11 is 0. The Balaban J connectivity index is 1.15. The highest BCUT2D eigenvalue weighted by Gasteiger charge is 2.24. The molecule has 0 saturated carbocycles. The molecule has 218 valence electrons. The predicted molar refractivity (Wildman–Crippen MR) is 157 cm³/mol. The van der Waals surface area contributed by atoms with Crippen molar-refractivity contribution in [1.82, 2.24) is 24.8 Å². The van der Waals surface area contributed by atoms with Gasteiger partial charge in [-0.2, -0.15) is 0 Å². The van der Waals surface area contributed by atoms with E-state index in [4.69, 9.17) is 4.74 Å². The molecule has 1 fully saturated rings. The van der Waals surface area contributed by atoms with Crippen LogP contribution in [0.5, 0.6) is 5.75 Å². The second kappa shape index (κ2) is 13.6. The van der Waals surface area contributed by atoms with Gasteiger partial charge in [0.1, 0.15) is 17.3 Å². The summed E-state index contributed by atoms with van der Waals surface area (Å²) in [4.78, 5) is 20.9. The molecule has 0 bridgehead atoms. The van der Waals surface area contributed by atoms with Gasteiger partial charge in [-0.1, -0.05) is 36.4 Å². The number of nitrogens with one attached hydrogen (secondary N) is 1. The molecule has 1 aliphatic heterocycles. The fraction of sp³-hybridized carbons (Fsp3) is 0.267. The quantitative estimate of drug-likeness (QED) is 0.270. The lowest BCUT2D eigenvalue weighted by molar-refractivity contribution is 0.0746. The molecule has 2 unspecified atom stereocenters. The van der Waals surface area contributed by atoms with Crippen molar-refractivity contribution in [3.05, 3.63) is 102 Å². The third-order valence-electron chi connectivity index (χ3n) is 6.78. The van der Waals surface area contributed by atoms with Crippen LogP contribution >= 0.6 is 0 Å². The molecule has 3 heterocycles. The summed E-state index contributed by atoms with van der Waals surface area (Å²) in [6.07, 6.45) is 1.89. The van der Waals surface area contributed by atoms with Crippen LogP contribution in [-0.2, 0) is 16.7 Å². The number of carbonyl (C=O) groups is 1. The molecule has 2 N–H and O–H groups in total. The number of hydrogen-bond donors (Lipinski definition) is 2. The lowest BCUT2D eigenvalue weighted by Gasteiger charge is -2.35. The van der Waals surface area contributed by atoms with Crippen LogP contribution in [0.15, 0.2) is 79.1 Å². The molecule has 2 aromatic carbocycles. The molecule has 1 saturated heterocycles. The van der Waals surface area contributed by atoms with Crippen LogP contribution in [0.1, 0.15) is 34.8 Å².